The highest BCUT2D eigenvalue weighted by atomic mass is 15.3. The Morgan fingerprint density at radius 1 is 1.22 bits per heavy atom. The molecule has 1 saturated heterocycles. The molecule has 1 heterocycles. The van der Waals surface area contributed by atoms with E-state index in [0.29, 0.717) is 18.6 Å². The lowest BCUT2D eigenvalue weighted by Crippen LogP contribution is -2.55. The number of anilines is 1. The van der Waals surface area contributed by atoms with Gasteiger partial charge in [0.2, 0.25) is 0 Å². The molecule has 2 atom stereocenters. The van der Waals surface area contributed by atoms with Crippen LogP contribution in [0.5, 0.6) is 0 Å². The Morgan fingerprint density at radius 3 is 2.33 bits per heavy atom. The molecule has 1 aromatic rings. The van der Waals surface area contributed by atoms with Crippen LogP contribution in [-0.4, -0.2) is 37.1 Å². The molecule has 18 heavy (non-hydrogen) atoms. The van der Waals surface area contributed by atoms with E-state index in [9.17, 15) is 0 Å². The quantitative estimate of drug-likeness (QED) is 0.867. The third-order valence-electron chi connectivity index (χ3n) is 4.27. The topological polar surface area (TPSA) is 32.5 Å². The molecule has 0 bridgehead atoms. The van der Waals surface area contributed by atoms with E-state index in [0.717, 1.165) is 13.1 Å². The lowest BCUT2D eigenvalue weighted by Gasteiger charge is -2.43. The highest BCUT2D eigenvalue weighted by Gasteiger charge is 2.26. The van der Waals surface area contributed by atoms with E-state index in [1.165, 1.54) is 16.8 Å². The fourth-order valence-electron chi connectivity index (χ4n) is 2.72. The van der Waals surface area contributed by atoms with E-state index in [4.69, 9.17) is 5.73 Å². The maximum Gasteiger partial charge on any atom is 0.0370 e. The first-order valence-electron chi connectivity index (χ1n) is 6.79. The van der Waals surface area contributed by atoms with Crippen molar-refractivity contribution in [1.82, 2.24) is 4.90 Å². The van der Waals surface area contributed by atoms with Crippen molar-refractivity contribution < 1.29 is 0 Å². The average Bonchev–Trinajstić information content (AvgIpc) is 2.35. The van der Waals surface area contributed by atoms with Crippen LogP contribution in [0.3, 0.4) is 0 Å². The lowest BCUT2D eigenvalue weighted by molar-refractivity contribution is 0.170. The minimum Gasteiger partial charge on any atom is -0.368 e. The Hall–Kier alpha value is -1.06. The Kier molecular flexibility index (Phi) is 3.93. The SMILES string of the molecule is Cc1cc(N2CC(C)N(C)C(C)C2)ccc1CN. The van der Waals surface area contributed by atoms with Gasteiger partial charge in [-0.3, -0.25) is 4.90 Å². The summed E-state index contributed by atoms with van der Waals surface area (Å²) in [4.78, 5) is 4.94. The summed E-state index contributed by atoms with van der Waals surface area (Å²) < 4.78 is 0. The predicted octanol–water partition coefficient (Wildman–Crippen LogP) is 1.98. The van der Waals surface area contributed by atoms with Crippen LogP contribution in [-0.2, 0) is 6.54 Å². The van der Waals surface area contributed by atoms with Gasteiger partial charge in [0.1, 0.15) is 0 Å². The molecule has 0 spiro atoms. The van der Waals surface area contributed by atoms with Crippen molar-refractivity contribution >= 4 is 5.69 Å². The van der Waals surface area contributed by atoms with Crippen LogP contribution in [0.25, 0.3) is 0 Å². The van der Waals surface area contributed by atoms with Crippen LogP contribution in [0, 0.1) is 6.92 Å². The summed E-state index contributed by atoms with van der Waals surface area (Å²) in [7, 11) is 2.22. The molecule has 3 heteroatoms. The third kappa shape index (κ3) is 2.52. The number of aryl methyl sites for hydroxylation is 1. The Labute approximate surface area is 111 Å². The van der Waals surface area contributed by atoms with Gasteiger partial charge < -0.3 is 10.6 Å². The van der Waals surface area contributed by atoms with E-state index < -0.39 is 0 Å². The number of nitrogens with two attached hydrogens (primary N) is 1. The second-order valence-corrected chi connectivity index (χ2v) is 5.58. The summed E-state index contributed by atoms with van der Waals surface area (Å²) >= 11 is 0. The van der Waals surface area contributed by atoms with Crippen molar-refractivity contribution in [3.8, 4) is 0 Å². The third-order valence-corrected chi connectivity index (χ3v) is 4.27. The van der Waals surface area contributed by atoms with E-state index in [2.05, 4.69) is 55.8 Å². The largest absolute Gasteiger partial charge is 0.368 e. The molecule has 100 valence electrons. The minimum absolute atomic E-state index is 0.600. The number of nitrogens with zero attached hydrogens (tertiary/aromatic N) is 2. The Morgan fingerprint density at radius 2 is 1.83 bits per heavy atom. The number of likely N-dealkylation sites (N-methyl/N-ethyl adjacent to an activating group) is 1. The number of benzene rings is 1. The number of rotatable bonds is 2. The second kappa shape index (κ2) is 5.29. The van der Waals surface area contributed by atoms with Crippen molar-refractivity contribution in [3.63, 3.8) is 0 Å². The van der Waals surface area contributed by atoms with Gasteiger partial charge in [-0.25, -0.2) is 0 Å². The number of hydrogen-bond acceptors (Lipinski definition) is 3. The molecule has 0 aromatic heterocycles. The summed E-state index contributed by atoms with van der Waals surface area (Å²) in [5.41, 5.74) is 9.60. The first-order valence-corrected chi connectivity index (χ1v) is 6.79. The van der Waals surface area contributed by atoms with E-state index >= 15 is 0 Å². The highest BCUT2D eigenvalue weighted by molar-refractivity contribution is 5.51. The molecule has 0 radical (unpaired) electrons. The van der Waals surface area contributed by atoms with E-state index in [1.807, 2.05) is 0 Å². The fourth-order valence-corrected chi connectivity index (χ4v) is 2.72. The summed E-state index contributed by atoms with van der Waals surface area (Å²) in [5.74, 6) is 0. The minimum atomic E-state index is 0.600. The summed E-state index contributed by atoms with van der Waals surface area (Å²) in [6.07, 6.45) is 0. The zero-order chi connectivity index (χ0) is 13.3. The van der Waals surface area contributed by atoms with Crippen molar-refractivity contribution in [2.75, 3.05) is 25.0 Å². The van der Waals surface area contributed by atoms with Gasteiger partial charge in [-0.2, -0.15) is 0 Å². The van der Waals surface area contributed by atoms with Gasteiger partial charge >= 0.3 is 0 Å². The van der Waals surface area contributed by atoms with Crippen LogP contribution < -0.4 is 10.6 Å². The van der Waals surface area contributed by atoms with Gasteiger partial charge in [0, 0.05) is 37.4 Å². The van der Waals surface area contributed by atoms with Gasteiger partial charge in [0.15, 0.2) is 0 Å². The van der Waals surface area contributed by atoms with Crippen LogP contribution in [0.15, 0.2) is 18.2 Å². The second-order valence-electron chi connectivity index (χ2n) is 5.58. The molecule has 0 saturated carbocycles. The fraction of sp³-hybridized carbons (Fsp3) is 0.600. The van der Waals surface area contributed by atoms with Crippen molar-refractivity contribution in [3.05, 3.63) is 29.3 Å². The Bertz CT molecular complexity index is 404. The molecule has 1 aliphatic heterocycles. The predicted molar refractivity (Wildman–Crippen MR) is 78.0 cm³/mol. The highest BCUT2D eigenvalue weighted by Crippen LogP contribution is 2.23. The standard InChI is InChI=1S/C15H25N3/c1-11-7-15(6-5-14(11)8-16)18-9-12(2)17(4)13(3)10-18/h5-7,12-13H,8-10,16H2,1-4H3. The van der Waals surface area contributed by atoms with Gasteiger partial charge in [0.05, 0.1) is 0 Å². The van der Waals surface area contributed by atoms with Crippen LogP contribution in [0.1, 0.15) is 25.0 Å². The molecule has 0 amide bonds. The first-order chi connectivity index (χ1) is 8.52. The molecule has 1 fully saturated rings. The van der Waals surface area contributed by atoms with Crippen molar-refractivity contribution in [1.29, 1.82) is 0 Å². The summed E-state index contributed by atoms with van der Waals surface area (Å²) in [6.45, 7) is 9.56. The van der Waals surface area contributed by atoms with Gasteiger partial charge in [-0.05, 0) is 51.1 Å². The van der Waals surface area contributed by atoms with Gasteiger partial charge in [-0.15, -0.1) is 0 Å². The van der Waals surface area contributed by atoms with Crippen LogP contribution in [0.2, 0.25) is 0 Å². The Balaban J connectivity index is 2.19. The molecular weight excluding hydrogens is 222 g/mol. The molecule has 0 aliphatic carbocycles. The maximum atomic E-state index is 5.72. The molecule has 2 N–H and O–H groups in total. The van der Waals surface area contributed by atoms with E-state index in [1.54, 1.807) is 0 Å². The smallest absolute Gasteiger partial charge is 0.0370 e. The average molecular weight is 247 g/mol. The van der Waals surface area contributed by atoms with Gasteiger partial charge in [-0.1, -0.05) is 6.07 Å². The summed E-state index contributed by atoms with van der Waals surface area (Å²) in [6, 6.07) is 7.84. The molecule has 3 nitrogen and oxygen atoms in total. The molecular formula is C15H25N3. The lowest BCUT2D eigenvalue weighted by atomic mass is 10.0. The summed E-state index contributed by atoms with van der Waals surface area (Å²) in [5, 5.41) is 0. The first kappa shape index (κ1) is 13.4. The van der Waals surface area contributed by atoms with Crippen molar-refractivity contribution in [2.24, 2.45) is 5.73 Å². The van der Waals surface area contributed by atoms with E-state index in [-0.39, 0.29) is 0 Å². The van der Waals surface area contributed by atoms with Crippen molar-refractivity contribution in [2.45, 2.75) is 39.4 Å². The maximum absolute atomic E-state index is 5.72. The molecule has 1 aliphatic rings. The number of hydrogen-bond donors (Lipinski definition) is 1. The number of piperazine rings is 1. The normalized spacial score (nSPS) is 25.5. The van der Waals surface area contributed by atoms with Crippen LogP contribution >= 0.6 is 0 Å². The van der Waals surface area contributed by atoms with Crippen LogP contribution in [0.4, 0.5) is 5.69 Å². The zero-order valence-corrected chi connectivity index (χ0v) is 12.0. The van der Waals surface area contributed by atoms with Gasteiger partial charge in [0.25, 0.3) is 0 Å². The monoisotopic (exact) mass is 247 g/mol. The molecule has 1 aromatic carbocycles. The molecule has 2 rings (SSSR count). The zero-order valence-electron chi connectivity index (χ0n) is 12.0. The molecule has 2 unspecified atom stereocenters.